The minimum absolute atomic E-state index is 0.0387. The first kappa shape index (κ1) is 24.8. The molecule has 0 unspecified atom stereocenters. The summed E-state index contributed by atoms with van der Waals surface area (Å²) in [5.41, 5.74) is 1.38. The minimum Gasteiger partial charge on any atom is -0.462 e. The molecule has 4 aliphatic rings. The van der Waals surface area contributed by atoms with Crippen LogP contribution in [0.4, 0.5) is 0 Å². The molecular weight excluding hydrogens is 416 g/mol. The van der Waals surface area contributed by atoms with E-state index in [2.05, 4.69) is 40.7 Å². The van der Waals surface area contributed by atoms with Crippen molar-refractivity contribution < 1.29 is 24.2 Å². The molecule has 0 bridgehead atoms. The molecule has 5 nitrogen and oxygen atoms in total. The molecule has 0 radical (unpaired) electrons. The zero-order chi connectivity index (χ0) is 24.6. The van der Waals surface area contributed by atoms with Gasteiger partial charge in [-0.05, 0) is 78.9 Å². The Morgan fingerprint density at radius 2 is 1.70 bits per heavy atom. The predicted molar refractivity (Wildman–Crippen MR) is 127 cm³/mol. The predicted octanol–water partition coefficient (Wildman–Crippen LogP) is 5.45. The minimum atomic E-state index is -0.315. The number of hydrogen-bond donors (Lipinski definition) is 1. The highest BCUT2D eigenvalue weighted by molar-refractivity contribution is 5.67. The van der Waals surface area contributed by atoms with Crippen molar-refractivity contribution in [2.75, 3.05) is 0 Å². The second-order valence-electron chi connectivity index (χ2n) is 12.9. The molecule has 3 fully saturated rings. The van der Waals surface area contributed by atoms with Crippen molar-refractivity contribution in [2.24, 2.45) is 39.4 Å². The molecule has 0 aliphatic heterocycles. The Bertz CT molecular complexity index is 860. The highest BCUT2D eigenvalue weighted by Gasteiger charge is 2.68. The highest BCUT2D eigenvalue weighted by atomic mass is 16.6. The average molecular weight is 461 g/mol. The fourth-order valence-electron chi connectivity index (χ4n) is 9.28. The lowest BCUT2D eigenvalue weighted by atomic mass is 9.41. The lowest BCUT2D eigenvalue weighted by Crippen LogP contribution is -2.58. The quantitative estimate of drug-likeness (QED) is 0.448. The van der Waals surface area contributed by atoms with Crippen molar-refractivity contribution in [1.82, 2.24) is 0 Å². The molecule has 0 aromatic carbocycles. The summed E-state index contributed by atoms with van der Waals surface area (Å²) >= 11 is 0. The van der Waals surface area contributed by atoms with Crippen molar-refractivity contribution >= 4 is 11.9 Å². The third-order valence-corrected chi connectivity index (χ3v) is 11.0. The maximum atomic E-state index is 12.1. The van der Waals surface area contributed by atoms with Crippen LogP contribution in [0.2, 0.25) is 0 Å². The lowest BCUT2D eigenvalue weighted by molar-refractivity contribution is -0.161. The monoisotopic (exact) mass is 460 g/mol. The third-order valence-electron chi connectivity index (χ3n) is 11.0. The van der Waals surface area contributed by atoms with Gasteiger partial charge in [0, 0.05) is 19.8 Å². The summed E-state index contributed by atoms with van der Waals surface area (Å²) in [4.78, 5) is 23.9. The van der Waals surface area contributed by atoms with Gasteiger partial charge in [0.25, 0.3) is 0 Å². The van der Waals surface area contributed by atoms with Gasteiger partial charge in [0.05, 0.1) is 6.10 Å². The molecule has 0 amide bonds. The van der Waals surface area contributed by atoms with Crippen LogP contribution in [0.1, 0.15) is 93.9 Å². The van der Waals surface area contributed by atoms with Crippen molar-refractivity contribution in [3.8, 4) is 0 Å². The largest absolute Gasteiger partial charge is 0.462 e. The summed E-state index contributed by atoms with van der Waals surface area (Å²) in [5.74, 6) is 0.284. The summed E-state index contributed by atoms with van der Waals surface area (Å²) < 4.78 is 11.6. The van der Waals surface area contributed by atoms with E-state index in [9.17, 15) is 14.7 Å². The molecule has 5 heteroatoms. The smallest absolute Gasteiger partial charge is 0.302 e. The maximum Gasteiger partial charge on any atom is 0.302 e. The molecule has 9 atom stereocenters. The summed E-state index contributed by atoms with van der Waals surface area (Å²) in [6.07, 6.45) is 7.45. The Hall–Kier alpha value is -1.36. The Labute approximate surface area is 199 Å². The van der Waals surface area contributed by atoms with Gasteiger partial charge in [0.15, 0.2) is 0 Å². The van der Waals surface area contributed by atoms with Crippen molar-refractivity contribution in [3.63, 3.8) is 0 Å². The molecule has 0 spiro atoms. The van der Waals surface area contributed by atoms with Gasteiger partial charge in [-0.15, -0.1) is 0 Å². The third kappa shape index (κ3) is 3.43. The van der Waals surface area contributed by atoms with E-state index in [0.717, 1.165) is 38.5 Å². The molecule has 0 saturated heterocycles. The van der Waals surface area contributed by atoms with Crippen molar-refractivity contribution in [1.29, 1.82) is 0 Å². The van der Waals surface area contributed by atoms with Gasteiger partial charge in [-0.3, -0.25) is 9.59 Å². The van der Waals surface area contributed by atoms with Gasteiger partial charge in [-0.25, -0.2) is 0 Å². The number of carbonyl (C=O) groups excluding carboxylic acids is 2. The topological polar surface area (TPSA) is 72.8 Å². The Morgan fingerprint density at radius 1 is 1.03 bits per heavy atom. The Kier molecular flexibility index (Phi) is 5.87. The first-order valence-electron chi connectivity index (χ1n) is 12.9. The normalized spacial score (nSPS) is 46.8. The first-order chi connectivity index (χ1) is 15.2. The SMILES string of the molecule is CC(=O)O[C@@H](C)[C@H]1[C@@H](OC(C)=O)C[C@@]2(C)[C@@H]3CC[C@H]4C(C)(C)[C@@H](O)CC[C@]4(C)C3=CC[C@]12C. The summed E-state index contributed by atoms with van der Waals surface area (Å²) in [7, 11) is 0. The van der Waals surface area contributed by atoms with Crippen LogP contribution in [-0.4, -0.2) is 35.4 Å². The zero-order valence-corrected chi connectivity index (χ0v) is 21.9. The van der Waals surface area contributed by atoms with Crippen LogP contribution in [-0.2, 0) is 19.1 Å². The van der Waals surface area contributed by atoms with Crippen LogP contribution in [0.5, 0.6) is 0 Å². The molecule has 186 valence electrons. The Balaban J connectivity index is 1.76. The van der Waals surface area contributed by atoms with Crippen LogP contribution >= 0.6 is 0 Å². The molecule has 0 aromatic heterocycles. The number of carbonyl (C=O) groups is 2. The summed E-state index contributed by atoms with van der Waals surface area (Å²) in [6.45, 7) is 16.6. The second-order valence-corrected chi connectivity index (χ2v) is 12.9. The number of rotatable bonds is 3. The molecule has 33 heavy (non-hydrogen) atoms. The number of esters is 2. The number of aliphatic hydroxyl groups excluding tert-OH is 1. The molecule has 0 heterocycles. The van der Waals surface area contributed by atoms with Crippen molar-refractivity contribution in [3.05, 3.63) is 11.6 Å². The maximum absolute atomic E-state index is 12.1. The molecule has 4 aliphatic carbocycles. The first-order valence-corrected chi connectivity index (χ1v) is 12.9. The Morgan fingerprint density at radius 3 is 2.30 bits per heavy atom. The average Bonchev–Trinajstić information content (AvgIpc) is 2.91. The number of allylic oxidation sites excluding steroid dienone is 2. The van der Waals surface area contributed by atoms with Crippen LogP contribution in [0.3, 0.4) is 0 Å². The molecule has 4 rings (SSSR count). The van der Waals surface area contributed by atoms with Gasteiger partial charge in [-0.2, -0.15) is 0 Å². The van der Waals surface area contributed by atoms with Gasteiger partial charge in [0.1, 0.15) is 12.2 Å². The van der Waals surface area contributed by atoms with Crippen LogP contribution in [0.25, 0.3) is 0 Å². The van der Waals surface area contributed by atoms with Gasteiger partial charge >= 0.3 is 11.9 Å². The number of ether oxygens (including phenoxy) is 2. The van der Waals surface area contributed by atoms with E-state index in [4.69, 9.17) is 9.47 Å². The van der Waals surface area contributed by atoms with E-state index in [0.29, 0.717) is 11.8 Å². The molecular formula is C28H44O5. The van der Waals surface area contributed by atoms with Gasteiger partial charge < -0.3 is 14.6 Å². The zero-order valence-electron chi connectivity index (χ0n) is 21.9. The summed E-state index contributed by atoms with van der Waals surface area (Å²) in [5, 5.41) is 10.8. The second kappa shape index (κ2) is 7.83. The van der Waals surface area contributed by atoms with E-state index in [1.54, 1.807) is 5.57 Å². The molecule has 3 saturated carbocycles. The number of fused-ring (bicyclic) bond motifs is 5. The standard InChI is InChI=1S/C28H44O5/c1-16(32-17(2)29)24-21(33-18(3)30)15-28(8)20-9-10-22-25(4,5)23(31)12-13-26(22,6)19(20)11-14-27(24,28)7/h11,16,20-24,31H,9-10,12-15H2,1-8H3/t16-,20+,21-,22-,23-,24-,26+,27+,28-/m0/s1. The van der Waals surface area contributed by atoms with Gasteiger partial charge in [-0.1, -0.05) is 46.3 Å². The van der Waals surface area contributed by atoms with E-state index in [1.807, 2.05) is 6.92 Å². The summed E-state index contributed by atoms with van der Waals surface area (Å²) in [6, 6.07) is 0. The number of hydrogen-bond acceptors (Lipinski definition) is 5. The van der Waals surface area contributed by atoms with Crippen molar-refractivity contribution in [2.45, 2.75) is 112 Å². The fourth-order valence-corrected chi connectivity index (χ4v) is 9.28. The van der Waals surface area contributed by atoms with E-state index < -0.39 is 0 Å². The van der Waals surface area contributed by atoms with E-state index in [-0.39, 0.29) is 57.8 Å². The molecule has 1 N–H and O–H groups in total. The van der Waals surface area contributed by atoms with Crippen LogP contribution in [0, 0.1) is 39.4 Å². The van der Waals surface area contributed by atoms with Crippen LogP contribution in [0.15, 0.2) is 11.6 Å². The molecule has 0 aromatic rings. The highest BCUT2D eigenvalue weighted by Crippen LogP contribution is 2.73. The van der Waals surface area contributed by atoms with E-state index >= 15 is 0 Å². The van der Waals surface area contributed by atoms with Crippen LogP contribution < -0.4 is 0 Å². The van der Waals surface area contributed by atoms with Gasteiger partial charge in [0.2, 0.25) is 0 Å². The number of aliphatic hydroxyl groups is 1. The van der Waals surface area contributed by atoms with E-state index in [1.165, 1.54) is 13.8 Å². The fraction of sp³-hybridized carbons (Fsp3) is 0.857. The lowest BCUT2D eigenvalue weighted by Gasteiger charge is -2.64.